The van der Waals surface area contributed by atoms with E-state index in [0.29, 0.717) is 12.0 Å². The first-order chi connectivity index (χ1) is 10.6. The fourth-order valence-electron chi connectivity index (χ4n) is 4.11. The summed E-state index contributed by atoms with van der Waals surface area (Å²) in [6, 6.07) is 0. The third-order valence-corrected chi connectivity index (χ3v) is 6.01. The van der Waals surface area contributed by atoms with Crippen LogP contribution in [0.3, 0.4) is 0 Å². The van der Waals surface area contributed by atoms with E-state index >= 15 is 0 Å². The number of esters is 2. The second-order valence-corrected chi connectivity index (χ2v) is 7.20. The molecule has 0 aromatic carbocycles. The van der Waals surface area contributed by atoms with E-state index in [4.69, 9.17) is 9.47 Å². The molecule has 0 spiro atoms. The maximum atomic E-state index is 12.1. The summed E-state index contributed by atoms with van der Waals surface area (Å²) < 4.78 is 10.8. The first-order valence-corrected chi connectivity index (χ1v) is 7.92. The van der Waals surface area contributed by atoms with Gasteiger partial charge in [0.05, 0.1) is 12.0 Å². The van der Waals surface area contributed by atoms with Gasteiger partial charge in [-0.25, -0.2) is 0 Å². The third-order valence-electron chi connectivity index (χ3n) is 6.01. The Labute approximate surface area is 137 Å². The SMILES string of the molecule is C=CC1(C)CC(O)C2C(C)C(=O)OC2C1(C)C(=C)COC(C)=O. The Hall–Kier alpha value is -1.62. The molecule has 1 aliphatic carbocycles. The van der Waals surface area contributed by atoms with E-state index in [1.54, 1.807) is 13.0 Å². The summed E-state index contributed by atoms with van der Waals surface area (Å²) >= 11 is 0. The summed E-state index contributed by atoms with van der Waals surface area (Å²) in [6.45, 7) is 15.1. The summed E-state index contributed by atoms with van der Waals surface area (Å²) in [5, 5.41) is 10.6. The van der Waals surface area contributed by atoms with Crippen LogP contribution in [0.15, 0.2) is 24.8 Å². The van der Waals surface area contributed by atoms with E-state index in [1.807, 2.05) is 13.8 Å². The highest BCUT2D eigenvalue weighted by atomic mass is 16.6. The molecule has 0 bridgehead atoms. The van der Waals surface area contributed by atoms with Crippen LogP contribution in [0, 0.1) is 22.7 Å². The molecule has 1 saturated carbocycles. The highest BCUT2D eigenvalue weighted by Crippen LogP contribution is 2.60. The molecule has 0 aromatic rings. The van der Waals surface area contributed by atoms with Gasteiger partial charge in [0.1, 0.15) is 12.7 Å². The van der Waals surface area contributed by atoms with Crippen LogP contribution in [0.25, 0.3) is 0 Å². The van der Waals surface area contributed by atoms with Gasteiger partial charge in [-0.3, -0.25) is 9.59 Å². The van der Waals surface area contributed by atoms with E-state index in [-0.39, 0.29) is 30.4 Å². The van der Waals surface area contributed by atoms with Crippen molar-refractivity contribution in [3.05, 3.63) is 24.8 Å². The van der Waals surface area contributed by atoms with Gasteiger partial charge < -0.3 is 14.6 Å². The van der Waals surface area contributed by atoms with Crippen molar-refractivity contribution in [2.24, 2.45) is 22.7 Å². The minimum absolute atomic E-state index is 0.0561. The van der Waals surface area contributed by atoms with Gasteiger partial charge in [0, 0.05) is 23.7 Å². The van der Waals surface area contributed by atoms with E-state index in [2.05, 4.69) is 13.2 Å². The minimum Gasteiger partial charge on any atom is -0.461 e. The molecule has 23 heavy (non-hydrogen) atoms. The molecule has 1 heterocycles. The Morgan fingerprint density at radius 2 is 2.13 bits per heavy atom. The van der Waals surface area contributed by atoms with E-state index < -0.39 is 23.0 Å². The molecule has 0 amide bonds. The number of hydrogen-bond acceptors (Lipinski definition) is 5. The van der Waals surface area contributed by atoms with Gasteiger partial charge in [-0.05, 0) is 12.0 Å². The predicted octanol–water partition coefficient (Wildman–Crippen LogP) is 2.25. The van der Waals surface area contributed by atoms with Crippen molar-refractivity contribution in [1.29, 1.82) is 0 Å². The zero-order chi connectivity index (χ0) is 17.6. The molecule has 2 rings (SSSR count). The molecule has 1 saturated heterocycles. The fourth-order valence-corrected chi connectivity index (χ4v) is 4.11. The quantitative estimate of drug-likeness (QED) is 0.635. The summed E-state index contributed by atoms with van der Waals surface area (Å²) in [6.07, 6.45) is 1.06. The van der Waals surface area contributed by atoms with Crippen molar-refractivity contribution in [2.45, 2.75) is 46.3 Å². The lowest BCUT2D eigenvalue weighted by molar-refractivity contribution is -0.159. The molecule has 1 N–H and O–H groups in total. The number of ether oxygens (including phenoxy) is 2. The molecule has 128 valence electrons. The van der Waals surface area contributed by atoms with Crippen molar-refractivity contribution in [1.82, 2.24) is 0 Å². The number of aliphatic hydroxyl groups is 1. The molecule has 0 radical (unpaired) electrons. The van der Waals surface area contributed by atoms with Gasteiger partial charge in [-0.15, -0.1) is 6.58 Å². The number of fused-ring (bicyclic) bond motifs is 1. The average molecular weight is 322 g/mol. The summed E-state index contributed by atoms with van der Waals surface area (Å²) in [5.41, 5.74) is -0.539. The van der Waals surface area contributed by atoms with Gasteiger partial charge in [0.25, 0.3) is 0 Å². The molecule has 6 unspecified atom stereocenters. The van der Waals surface area contributed by atoms with Gasteiger partial charge in [-0.1, -0.05) is 33.4 Å². The Kier molecular flexibility index (Phi) is 4.46. The number of hydrogen-bond donors (Lipinski definition) is 1. The lowest BCUT2D eigenvalue weighted by Crippen LogP contribution is -2.58. The van der Waals surface area contributed by atoms with Gasteiger partial charge >= 0.3 is 11.9 Å². The number of carbonyl (C=O) groups excluding carboxylic acids is 2. The molecule has 0 aromatic heterocycles. The zero-order valence-electron chi connectivity index (χ0n) is 14.3. The molecule has 6 atom stereocenters. The van der Waals surface area contributed by atoms with Crippen molar-refractivity contribution in [3.8, 4) is 0 Å². The maximum Gasteiger partial charge on any atom is 0.309 e. The van der Waals surface area contributed by atoms with Gasteiger partial charge in [0.15, 0.2) is 0 Å². The Bertz CT molecular complexity index is 554. The van der Waals surface area contributed by atoms with Crippen molar-refractivity contribution < 1.29 is 24.2 Å². The first kappa shape index (κ1) is 17.7. The number of rotatable bonds is 4. The van der Waals surface area contributed by atoms with Crippen LogP contribution in [-0.2, 0) is 19.1 Å². The van der Waals surface area contributed by atoms with Gasteiger partial charge in [0.2, 0.25) is 0 Å². The van der Waals surface area contributed by atoms with Crippen LogP contribution in [0.1, 0.15) is 34.1 Å². The summed E-state index contributed by atoms with van der Waals surface area (Å²) in [7, 11) is 0. The molecular formula is C18H26O5. The average Bonchev–Trinajstić information content (AvgIpc) is 2.78. The van der Waals surface area contributed by atoms with Crippen molar-refractivity contribution in [3.63, 3.8) is 0 Å². The number of allylic oxidation sites excluding steroid dienone is 1. The second-order valence-electron chi connectivity index (χ2n) is 7.20. The van der Waals surface area contributed by atoms with Crippen LogP contribution in [0.4, 0.5) is 0 Å². The Morgan fingerprint density at radius 3 is 2.65 bits per heavy atom. The third kappa shape index (κ3) is 2.51. The topological polar surface area (TPSA) is 72.8 Å². The monoisotopic (exact) mass is 322 g/mol. The highest BCUT2D eigenvalue weighted by molar-refractivity contribution is 5.75. The molecule has 2 fully saturated rings. The number of aliphatic hydroxyl groups excluding tert-OH is 1. The first-order valence-electron chi connectivity index (χ1n) is 7.92. The molecule has 5 nitrogen and oxygen atoms in total. The van der Waals surface area contributed by atoms with Crippen molar-refractivity contribution >= 4 is 11.9 Å². The molecule has 5 heteroatoms. The van der Waals surface area contributed by atoms with E-state index in [9.17, 15) is 14.7 Å². The minimum atomic E-state index is -0.672. The largest absolute Gasteiger partial charge is 0.461 e. The lowest BCUT2D eigenvalue weighted by atomic mass is 9.50. The standard InChI is InChI=1S/C18H26O5/c1-7-17(5)8-13(20)14-11(3)16(21)23-15(14)18(17,6)10(2)9-22-12(4)19/h7,11,13-15,20H,1-2,8-9H2,3-6H3. The lowest BCUT2D eigenvalue weighted by Gasteiger charge is -2.55. The number of carbonyl (C=O) groups is 2. The fraction of sp³-hybridized carbons (Fsp3) is 0.667. The smallest absolute Gasteiger partial charge is 0.309 e. The highest BCUT2D eigenvalue weighted by Gasteiger charge is 2.64. The summed E-state index contributed by atoms with van der Waals surface area (Å²) in [4.78, 5) is 23.2. The predicted molar refractivity (Wildman–Crippen MR) is 85.3 cm³/mol. The van der Waals surface area contributed by atoms with Gasteiger partial charge in [-0.2, -0.15) is 0 Å². The summed E-state index contributed by atoms with van der Waals surface area (Å²) in [5.74, 6) is -1.36. The van der Waals surface area contributed by atoms with Crippen LogP contribution in [-0.4, -0.2) is 35.9 Å². The normalized spacial score (nSPS) is 42.6. The molecular weight excluding hydrogens is 296 g/mol. The van der Waals surface area contributed by atoms with Crippen LogP contribution in [0.2, 0.25) is 0 Å². The zero-order valence-corrected chi connectivity index (χ0v) is 14.3. The maximum absolute atomic E-state index is 12.1. The van der Waals surface area contributed by atoms with E-state index in [1.165, 1.54) is 6.92 Å². The van der Waals surface area contributed by atoms with E-state index in [0.717, 1.165) is 0 Å². The van der Waals surface area contributed by atoms with Crippen molar-refractivity contribution in [2.75, 3.05) is 6.61 Å². The van der Waals surface area contributed by atoms with Crippen LogP contribution >= 0.6 is 0 Å². The Balaban J connectivity index is 2.46. The Morgan fingerprint density at radius 1 is 1.52 bits per heavy atom. The van der Waals surface area contributed by atoms with Crippen LogP contribution < -0.4 is 0 Å². The second kappa shape index (κ2) is 5.78. The van der Waals surface area contributed by atoms with Crippen LogP contribution in [0.5, 0.6) is 0 Å². The molecule has 1 aliphatic heterocycles. The molecule has 2 aliphatic rings.